The minimum Gasteiger partial charge on any atom is -0.387 e. The summed E-state index contributed by atoms with van der Waals surface area (Å²) in [4.78, 5) is 7.45. The fourth-order valence-corrected chi connectivity index (χ4v) is 1.49. The Morgan fingerprint density at radius 1 is 1.46 bits per heavy atom. The van der Waals surface area contributed by atoms with Gasteiger partial charge < -0.3 is 10.4 Å². The molecule has 2 N–H and O–H groups in total. The third kappa shape index (κ3) is 2.51. The van der Waals surface area contributed by atoms with Gasteiger partial charge in [0.05, 0.1) is 11.7 Å². The number of likely N-dealkylation sites (N-methyl/N-ethyl adjacent to an activating group) is 1. The highest BCUT2D eigenvalue weighted by Gasteiger charge is 2.16. The van der Waals surface area contributed by atoms with Gasteiger partial charge in [0.2, 0.25) is 0 Å². The predicted molar refractivity (Wildman–Crippen MR) is 50.9 cm³/mol. The molecule has 0 spiro atoms. The lowest BCUT2D eigenvalue weighted by Gasteiger charge is -2.11. The molecule has 0 aliphatic rings. The van der Waals surface area contributed by atoms with Gasteiger partial charge in [0.15, 0.2) is 0 Å². The molecule has 1 aromatic rings. The van der Waals surface area contributed by atoms with Crippen molar-refractivity contribution in [1.82, 2.24) is 15.3 Å². The second-order valence-corrected chi connectivity index (χ2v) is 3.16. The molecule has 72 valence electrons. The number of nitrogens with zero attached hydrogens (tertiary/aromatic N) is 2. The Bertz CT molecular complexity index is 275. The van der Waals surface area contributed by atoms with Gasteiger partial charge in [-0.2, -0.15) is 0 Å². The van der Waals surface area contributed by atoms with Crippen molar-refractivity contribution in [2.24, 2.45) is 0 Å². The molecule has 13 heavy (non-hydrogen) atoms. The van der Waals surface area contributed by atoms with Crippen LogP contribution in [0.4, 0.5) is 0 Å². The maximum atomic E-state index is 9.57. The summed E-state index contributed by atoms with van der Waals surface area (Å²) in [6.07, 6.45) is 0.464. The summed E-state index contributed by atoms with van der Waals surface area (Å²) < 4.78 is 0. The third-order valence-corrected chi connectivity index (χ3v) is 2.12. The van der Waals surface area contributed by atoms with E-state index in [9.17, 15) is 5.11 Å². The molecule has 0 aromatic carbocycles. The molecule has 0 radical (unpaired) electrons. The summed E-state index contributed by atoms with van der Waals surface area (Å²) in [5.74, 6) is 0. The lowest BCUT2D eigenvalue weighted by Crippen LogP contribution is -2.17. The summed E-state index contributed by atoms with van der Waals surface area (Å²) in [5.41, 5.74) is 0.361. The first-order valence-electron chi connectivity index (χ1n) is 3.65. The highest BCUT2D eigenvalue weighted by molar-refractivity contribution is 6.34. The molecule has 0 aliphatic carbocycles. The number of aliphatic hydroxyl groups excluding tert-OH is 1. The van der Waals surface area contributed by atoms with Gasteiger partial charge in [0, 0.05) is 6.54 Å². The smallest absolute Gasteiger partial charge is 0.139 e. The Morgan fingerprint density at radius 3 is 2.46 bits per heavy atom. The highest BCUT2D eigenvalue weighted by Crippen LogP contribution is 2.25. The second-order valence-electron chi connectivity index (χ2n) is 2.44. The molecule has 0 aliphatic heterocycles. The highest BCUT2D eigenvalue weighted by atomic mass is 35.5. The van der Waals surface area contributed by atoms with Crippen LogP contribution in [-0.2, 0) is 0 Å². The van der Waals surface area contributed by atoms with E-state index >= 15 is 0 Å². The SMILES string of the molecule is CNCC(O)c1c(Cl)ncnc1Cl. The molecule has 0 amide bonds. The van der Waals surface area contributed by atoms with E-state index in [-0.39, 0.29) is 10.3 Å². The lowest BCUT2D eigenvalue weighted by atomic mass is 10.2. The largest absolute Gasteiger partial charge is 0.387 e. The predicted octanol–water partition coefficient (Wildman–Crippen LogP) is 1.04. The van der Waals surface area contributed by atoms with E-state index in [0.717, 1.165) is 0 Å². The number of nitrogens with one attached hydrogen (secondary N) is 1. The summed E-state index contributed by atoms with van der Waals surface area (Å²) in [6.45, 7) is 0.354. The van der Waals surface area contributed by atoms with Gasteiger partial charge >= 0.3 is 0 Å². The topological polar surface area (TPSA) is 58.0 Å². The van der Waals surface area contributed by atoms with Crippen molar-refractivity contribution in [3.63, 3.8) is 0 Å². The van der Waals surface area contributed by atoms with E-state index in [1.54, 1.807) is 7.05 Å². The lowest BCUT2D eigenvalue weighted by molar-refractivity contribution is 0.177. The first kappa shape index (κ1) is 10.7. The zero-order valence-electron chi connectivity index (χ0n) is 6.96. The van der Waals surface area contributed by atoms with Gasteiger partial charge in [-0.1, -0.05) is 23.2 Å². The molecule has 0 saturated heterocycles. The third-order valence-electron chi connectivity index (χ3n) is 1.52. The van der Waals surface area contributed by atoms with Crippen LogP contribution in [0.3, 0.4) is 0 Å². The quantitative estimate of drug-likeness (QED) is 0.750. The van der Waals surface area contributed by atoms with E-state index in [1.165, 1.54) is 6.33 Å². The molecular formula is C7H9Cl2N3O. The van der Waals surface area contributed by atoms with Crippen LogP contribution in [0.25, 0.3) is 0 Å². The van der Waals surface area contributed by atoms with Crippen molar-refractivity contribution in [3.05, 3.63) is 22.2 Å². The standard InChI is InChI=1S/C7H9Cl2N3O/c1-10-2-4(13)5-6(8)11-3-12-7(5)9/h3-4,10,13H,2H2,1H3. The number of hydrogen-bond acceptors (Lipinski definition) is 4. The molecule has 6 heteroatoms. The van der Waals surface area contributed by atoms with Gasteiger partial charge in [-0.15, -0.1) is 0 Å². The number of rotatable bonds is 3. The summed E-state index contributed by atoms with van der Waals surface area (Å²) in [6, 6.07) is 0. The van der Waals surface area contributed by atoms with Crippen molar-refractivity contribution in [2.75, 3.05) is 13.6 Å². The van der Waals surface area contributed by atoms with Crippen LogP contribution < -0.4 is 5.32 Å². The second kappa shape index (κ2) is 4.72. The van der Waals surface area contributed by atoms with Crippen molar-refractivity contribution < 1.29 is 5.11 Å². The van der Waals surface area contributed by atoms with Crippen LogP contribution in [0, 0.1) is 0 Å². The van der Waals surface area contributed by atoms with E-state index in [2.05, 4.69) is 15.3 Å². The molecule has 0 bridgehead atoms. The van der Waals surface area contributed by atoms with Gasteiger partial charge in [-0.25, -0.2) is 9.97 Å². The molecule has 1 heterocycles. The van der Waals surface area contributed by atoms with E-state index < -0.39 is 6.10 Å². The van der Waals surface area contributed by atoms with E-state index in [1.807, 2.05) is 0 Å². The Hall–Kier alpha value is -0.420. The average Bonchev–Trinajstić information content (AvgIpc) is 2.04. The fourth-order valence-electron chi connectivity index (χ4n) is 0.925. The summed E-state index contributed by atoms with van der Waals surface area (Å²) >= 11 is 11.5. The van der Waals surface area contributed by atoms with Gasteiger partial charge in [0.25, 0.3) is 0 Å². The van der Waals surface area contributed by atoms with Gasteiger partial charge in [0.1, 0.15) is 16.6 Å². The van der Waals surface area contributed by atoms with Crippen molar-refractivity contribution in [1.29, 1.82) is 0 Å². The van der Waals surface area contributed by atoms with Crippen LogP contribution in [0.1, 0.15) is 11.7 Å². The zero-order chi connectivity index (χ0) is 9.84. The Balaban J connectivity index is 2.98. The van der Waals surface area contributed by atoms with E-state index in [0.29, 0.717) is 12.1 Å². The number of aromatic nitrogens is 2. The molecule has 1 atom stereocenters. The fraction of sp³-hybridized carbons (Fsp3) is 0.429. The monoisotopic (exact) mass is 221 g/mol. The molecule has 1 unspecified atom stereocenters. The number of hydrogen-bond donors (Lipinski definition) is 2. The Kier molecular flexibility index (Phi) is 3.87. The zero-order valence-corrected chi connectivity index (χ0v) is 8.47. The maximum Gasteiger partial charge on any atom is 0.139 e. The maximum absolute atomic E-state index is 9.57. The average molecular weight is 222 g/mol. The number of halogens is 2. The van der Waals surface area contributed by atoms with Crippen LogP contribution in [-0.4, -0.2) is 28.7 Å². The molecule has 4 nitrogen and oxygen atoms in total. The van der Waals surface area contributed by atoms with Crippen LogP contribution in [0.15, 0.2) is 6.33 Å². The van der Waals surface area contributed by atoms with Crippen LogP contribution in [0.5, 0.6) is 0 Å². The Labute approximate surface area is 85.9 Å². The minimum atomic E-state index is -0.786. The summed E-state index contributed by atoms with van der Waals surface area (Å²) in [5, 5.41) is 12.7. The molecule has 0 saturated carbocycles. The van der Waals surface area contributed by atoms with Crippen molar-refractivity contribution >= 4 is 23.2 Å². The Morgan fingerprint density at radius 2 is 2.00 bits per heavy atom. The van der Waals surface area contributed by atoms with Gasteiger partial charge in [-0.3, -0.25) is 0 Å². The van der Waals surface area contributed by atoms with Crippen LogP contribution >= 0.6 is 23.2 Å². The van der Waals surface area contributed by atoms with Crippen molar-refractivity contribution in [2.45, 2.75) is 6.10 Å². The molecule has 1 aromatic heterocycles. The van der Waals surface area contributed by atoms with Gasteiger partial charge in [-0.05, 0) is 7.05 Å². The molecule has 0 fully saturated rings. The first-order valence-corrected chi connectivity index (χ1v) is 4.41. The molecule has 1 rings (SSSR count). The minimum absolute atomic E-state index is 0.183. The summed E-state index contributed by atoms with van der Waals surface area (Å²) in [7, 11) is 1.72. The van der Waals surface area contributed by atoms with Crippen molar-refractivity contribution in [3.8, 4) is 0 Å². The van der Waals surface area contributed by atoms with E-state index in [4.69, 9.17) is 23.2 Å². The first-order chi connectivity index (χ1) is 6.16. The number of aliphatic hydroxyl groups is 1. The van der Waals surface area contributed by atoms with Crippen LogP contribution in [0.2, 0.25) is 10.3 Å². The molecular weight excluding hydrogens is 213 g/mol. The normalized spacial score (nSPS) is 12.9.